The summed E-state index contributed by atoms with van der Waals surface area (Å²) >= 11 is 21.6. The van der Waals surface area contributed by atoms with Crippen molar-refractivity contribution in [1.29, 1.82) is 0 Å². The number of thiophene rings is 2. The summed E-state index contributed by atoms with van der Waals surface area (Å²) in [6, 6.07) is 4.52. The van der Waals surface area contributed by atoms with Crippen molar-refractivity contribution in [2.24, 2.45) is 11.8 Å². The molecule has 0 N–H and O–H groups in total. The average molecular weight is 591 g/mol. The molecular weight excluding hydrogens is 551 g/mol. The van der Waals surface area contributed by atoms with E-state index in [1.165, 1.54) is 79.1 Å². The minimum atomic E-state index is -0.750. The molecule has 6 heteroatoms. The van der Waals surface area contributed by atoms with E-state index in [-0.39, 0.29) is 0 Å². The average Bonchev–Trinajstić information content (AvgIpc) is 3.40. The molecule has 2 atom stereocenters. The number of hydrogen-bond donors (Lipinski definition) is 0. The Morgan fingerprint density at radius 3 is 1.77 bits per heavy atom. The Balaban J connectivity index is 0.000000497. The third-order valence-corrected chi connectivity index (χ3v) is 7.94. The quantitative estimate of drug-likeness (QED) is 0.216. The molecule has 31 heavy (non-hydrogen) atoms. The maximum Gasteiger partial charge on any atom is 0.180 e. The van der Waals surface area contributed by atoms with E-state index in [1.54, 1.807) is 11.3 Å². The molecule has 2 unspecified atom stereocenters. The van der Waals surface area contributed by atoms with Crippen LogP contribution < -0.4 is 0 Å². The van der Waals surface area contributed by atoms with Crippen molar-refractivity contribution in [1.82, 2.24) is 0 Å². The lowest BCUT2D eigenvalue weighted by molar-refractivity contribution is 0.449. The molecule has 0 fully saturated rings. The highest BCUT2D eigenvalue weighted by Crippen LogP contribution is 2.28. The zero-order chi connectivity index (χ0) is 23.5. The summed E-state index contributed by atoms with van der Waals surface area (Å²) in [5.41, 5.74) is 3.03. The number of halogens is 4. The number of hydrogen-bond acceptors (Lipinski definition) is 2. The molecule has 0 aliphatic heterocycles. The van der Waals surface area contributed by atoms with Crippen LogP contribution in [0.2, 0.25) is 0 Å². The van der Waals surface area contributed by atoms with E-state index in [2.05, 4.69) is 71.9 Å². The summed E-state index contributed by atoms with van der Waals surface area (Å²) in [4.78, 5) is 0. The molecule has 0 aromatic carbocycles. The van der Waals surface area contributed by atoms with Crippen molar-refractivity contribution in [3.63, 3.8) is 0 Å². The van der Waals surface area contributed by atoms with Crippen LogP contribution in [0.1, 0.15) is 90.2 Å². The van der Waals surface area contributed by atoms with Gasteiger partial charge in [0.05, 0.1) is 3.79 Å². The molecular formula is C25H40BrCl3S2. The smallest absolute Gasteiger partial charge is 0.152 e. The Hall–Kier alpha value is 0.750. The third kappa shape index (κ3) is 17.8. The second kappa shape index (κ2) is 21.3. The second-order valence-corrected chi connectivity index (χ2v) is 12.8. The molecule has 0 saturated carbocycles. The summed E-state index contributed by atoms with van der Waals surface area (Å²) in [6.07, 6.45) is 13.4. The molecule has 0 aliphatic rings. The van der Waals surface area contributed by atoms with E-state index in [9.17, 15) is 0 Å². The van der Waals surface area contributed by atoms with Gasteiger partial charge in [0.1, 0.15) is 0 Å². The van der Waals surface area contributed by atoms with Crippen molar-refractivity contribution in [2.45, 2.75) is 96.2 Å². The van der Waals surface area contributed by atoms with E-state index in [4.69, 9.17) is 34.8 Å². The van der Waals surface area contributed by atoms with Crippen LogP contribution in [0.15, 0.2) is 32.1 Å². The van der Waals surface area contributed by atoms with Gasteiger partial charge in [0.25, 0.3) is 0 Å². The van der Waals surface area contributed by atoms with Gasteiger partial charge >= 0.3 is 0 Å². The SMILES string of the molecule is CCCCC(CC)Cc1ccsc1.CCCCC(CC)Cc1ccsc1Br.ClC(Cl)Cl. The van der Waals surface area contributed by atoms with Gasteiger partial charge in [-0.05, 0) is 80.0 Å². The standard InChI is InChI=1S/C12H19BrS.C12H20S.CHCl3/c1-3-5-6-10(4-2)9-11-7-8-14-12(11)13;1-3-5-6-11(4-2)9-12-7-8-13-10-12;2-1(3)4/h7-8,10H,3-6,9H2,1-2H3;7-8,10-11H,3-6,9H2,1-2H3;1H. The van der Waals surface area contributed by atoms with Gasteiger partial charge in [-0.1, -0.05) is 114 Å². The van der Waals surface area contributed by atoms with Crippen molar-refractivity contribution in [3.05, 3.63) is 43.2 Å². The lowest BCUT2D eigenvalue weighted by Gasteiger charge is -2.13. The largest absolute Gasteiger partial charge is 0.180 e. The highest BCUT2D eigenvalue weighted by atomic mass is 79.9. The summed E-state index contributed by atoms with van der Waals surface area (Å²) < 4.78 is 0.576. The van der Waals surface area contributed by atoms with Gasteiger partial charge < -0.3 is 0 Å². The van der Waals surface area contributed by atoms with Gasteiger partial charge in [0, 0.05) is 0 Å². The summed E-state index contributed by atoms with van der Waals surface area (Å²) in [7, 11) is 0. The highest BCUT2D eigenvalue weighted by molar-refractivity contribution is 9.11. The van der Waals surface area contributed by atoms with Crippen molar-refractivity contribution < 1.29 is 0 Å². The molecule has 0 saturated heterocycles. The highest BCUT2D eigenvalue weighted by Gasteiger charge is 2.10. The first kappa shape index (κ1) is 31.8. The number of alkyl halides is 3. The maximum absolute atomic E-state index is 4.81. The van der Waals surface area contributed by atoms with Gasteiger partial charge in [-0.15, -0.1) is 11.3 Å². The molecule has 0 spiro atoms. The Morgan fingerprint density at radius 2 is 1.39 bits per heavy atom. The van der Waals surface area contributed by atoms with E-state index in [0.717, 1.165) is 11.8 Å². The van der Waals surface area contributed by atoms with Crippen LogP contribution in [0.25, 0.3) is 0 Å². The lowest BCUT2D eigenvalue weighted by Crippen LogP contribution is -2.02. The fourth-order valence-electron chi connectivity index (χ4n) is 3.41. The minimum Gasteiger partial charge on any atom is -0.152 e. The lowest BCUT2D eigenvalue weighted by atomic mass is 9.93. The Bertz CT molecular complexity index is 611. The maximum atomic E-state index is 4.81. The van der Waals surface area contributed by atoms with Crippen LogP contribution in [0.5, 0.6) is 0 Å². The van der Waals surface area contributed by atoms with Gasteiger partial charge in [-0.2, -0.15) is 11.3 Å². The molecule has 2 rings (SSSR count). The fraction of sp³-hybridized carbons (Fsp3) is 0.680. The van der Waals surface area contributed by atoms with Crippen LogP contribution >= 0.6 is 73.4 Å². The predicted molar refractivity (Wildman–Crippen MR) is 152 cm³/mol. The van der Waals surface area contributed by atoms with Crippen LogP contribution in [-0.4, -0.2) is 4.30 Å². The molecule has 0 bridgehead atoms. The topological polar surface area (TPSA) is 0 Å². The molecule has 2 heterocycles. The Kier molecular flexibility index (Phi) is 21.8. The second-order valence-electron chi connectivity index (χ2n) is 7.84. The Labute approximate surface area is 223 Å². The first-order valence-corrected chi connectivity index (χ1v) is 15.4. The fourth-order valence-corrected chi connectivity index (χ4v) is 5.36. The first-order valence-electron chi connectivity index (χ1n) is 11.5. The zero-order valence-electron chi connectivity index (χ0n) is 19.5. The number of rotatable bonds is 12. The third-order valence-electron chi connectivity index (χ3n) is 5.39. The van der Waals surface area contributed by atoms with E-state index in [1.807, 2.05) is 11.3 Å². The van der Waals surface area contributed by atoms with Crippen molar-refractivity contribution in [2.75, 3.05) is 0 Å². The summed E-state index contributed by atoms with van der Waals surface area (Å²) in [5.74, 6) is 1.79. The van der Waals surface area contributed by atoms with Gasteiger partial charge in [-0.3, -0.25) is 0 Å². The molecule has 0 nitrogen and oxygen atoms in total. The normalized spacial score (nSPS) is 12.5. The van der Waals surface area contributed by atoms with Gasteiger partial charge in [-0.25, -0.2) is 0 Å². The van der Waals surface area contributed by atoms with Crippen LogP contribution in [0.3, 0.4) is 0 Å². The molecule has 180 valence electrons. The monoisotopic (exact) mass is 588 g/mol. The van der Waals surface area contributed by atoms with Crippen molar-refractivity contribution in [3.8, 4) is 0 Å². The molecule has 0 radical (unpaired) electrons. The summed E-state index contributed by atoms with van der Waals surface area (Å²) in [6.45, 7) is 9.16. The zero-order valence-corrected chi connectivity index (χ0v) is 25.0. The Morgan fingerprint density at radius 1 is 0.839 bits per heavy atom. The van der Waals surface area contributed by atoms with Gasteiger partial charge in [0.15, 0.2) is 4.30 Å². The van der Waals surface area contributed by atoms with Crippen LogP contribution in [0.4, 0.5) is 0 Å². The van der Waals surface area contributed by atoms with Crippen LogP contribution in [-0.2, 0) is 12.8 Å². The van der Waals surface area contributed by atoms with Gasteiger partial charge in [0.2, 0.25) is 0 Å². The minimum absolute atomic E-state index is 0.750. The van der Waals surface area contributed by atoms with E-state index >= 15 is 0 Å². The molecule has 0 amide bonds. The first-order chi connectivity index (χ1) is 14.9. The summed E-state index contributed by atoms with van der Waals surface area (Å²) in [5, 5.41) is 6.64. The van der Waals surface area contributed by atoms with Crippen molar-refractivity contribution >= 4 is 73.4 Å². The number of unbranched alkanes of at least 4 members (excludes halogenated alkanes) is 2. The molecule has 0 aliphatic carbocycles. The molecule has 2 aromatic heterocycles. The van der Waals surface area contributed by atoms with E-state index < -0.39 is 4.30 Å². The molecule has 2 aromatic rings. The van der Waals surface area contributed by atoms with E-state index in [0.29, 0.717) is 0 Å². The van der Waals surface area contributed by atoms with Crippen LogP contribution in [0, 0.1) is 11.8 Å². The predicted octanol–water partition coefficient (Wildman–Crippen LogP) is 11.8.